The van der Waals surface area contributed by atoms with E-state index in [0.717, 1.165) is 22.2 Å². The largest absolute Gasteiger partial charge is 0.326 e. The first kappa shape index (κ1) is 16.3. The van der Waals surface area contributed by atoms with Crippen LogP contribution in [-0.4, -0.2) is 16.8 Å². The first-order chi connectivity index (χ1) is 12.6. The summed E-state index contributed by atoms with van der Waals surface area (Å²) in [4.78, 5) is 29.2. The number of fused-ring (bicyclic) bond motifs is 1. The number of hydrogen-bond acceptors (Lipinski definition) is 3. The Morgan fingerprint density at radius 1 is 0.923 bits per heavy atom. The number of nitrogens with zero attached hydrogens (tertiary/aromatic N) is 1. The predicted molar refractivity (Wildman–Crippen MR) is 102 cm³/mol. The standard InChI is InChI=1S/C21H19N3O2/c1-13-7-9-15(10-8-13)23-20(25)16-12-17(16)21(26)24-18-6-2-4-14-5-3-11-22-19(14)18/h2-11,16-17H,12H2,1H3,(H,23,25)(H,24,26). The molecule has 1 saturated carbocycles. The Labute approximate surface area is 151 Å². The first-order valence-corrected chi connectivity index (χ1v) is 8.64. The Morgan fingerprint density at radius 2 is 1.62 bits per heavy atom. The lowest BCUT2D eigenvalue weighted by Crippen LogP contribution is -2.20. The molecule has 2 atom stereocenters. The number of rotatable bonds is 4. The van der Waals surface area contributed by atoms with Gasteiger partial charge in [0.2, 0.25) is 11.8 Å². The summed E-state index contributed by atoms with van der Waals surface area (Å²) in [5.74, 6) is -0.809. The quantitative estimate of drug-likeness (QED) is 0.756. The Kier molecular flexibility index (Phi) is 4.13. The fourth-order valence-corrected chi connectivity index (χ4v) is 3.08. The monoisotopic (exact) mass is 345 g/mol. The number of para-hydroxylation sites is 1. The van der Waals surface area contributed by atoms with Gasteiger partial charge in [-0.05, 0) is 37.6 Å². The second-order valence-corrected chi connectivity index (χ2v) is 6.67. The van der Waals surface area contributed by atoms with Gasteiger partial charge in [-0.2, -0.15) is 0 Å². The van der Waals surface area contributed by atoms with Crippen LogP contribution in [0.15, 0.2) is 60.8 Å². The zero-order valence-electron chi connectivity index (χ0n) is 14.4. The summed E-state index contributed by atoms with van der Waals surface area (Å²) in [5, 5.41) is 6.77. The molecule has 1 fully saturated rings. The fraction of sp³-hybridized carbons (Fsp3) is 0.190. The topological polar surface area (TPSA) is 71.1 Å². The van der Waals surface area contributed by atoms with E-state index in [2.05, 4.69) is 15.6 Å². The number of benzene rings is 2. The second kappa shape index (κ2) is 6.59. The minimum absolute atomic E-state index is 0.106. The molecule has 1 aromatic heterocycles. The van der Waals surface area contributed by atoms with Gasteiger partial charge in [0, 0.05) is 17.3 Å². The van der Waals surface area contributed by atoms with Crippen LogP contribution < -0.4 is 10.6 Å². The highest BCUT2D eigenvalue weighted by atomic mass is 16.2. The normalized spacial score (nSPS) is 18.3. The summed E-state index contributed by atoms with van der Waals surface area (Å²) < 4.78 is 0. The van der Waals surface area contributed by atoms with Crippen LogP contribution in [-0.2, 0) is 9.59 Å². The molecule has 5 heteroatoms. The molecule has 0 saturated heterocycles. The summed E-state index contributed by atoms with van der Waals surface area (Å²) in [5.41, 5.74) is 3.32. The molecule has 0 bridgehead atoms. The van der Waals surface area contributed by atoms with Gasteiger partial charge in [0.05, 0.1) is 23.0 Å². The molecule has 2 aromatic carbocycles. The third-order valence-electron chi connectivity index (χ3n) is 4.67. The minimum atomic E-state index is -0.292. The van der Waals surface area contributed by atoms with E-state index in [4.69, 9.17) is 0 Å². The Hall–Kier alpha value is -3.21. The number of amides is 2. The van der Waals surface area contributed by atoms with Crippen molar-refractivity contribution in [3.8, 4) is 0 Å². The van der Waals surface area contributed by atoms with E-state index >= 15 is 0 Å². The maximum atomic E-state index is 12.5. The van der Waals surface area contributed by atoms with Crippen molar-refractivity contribution in [3.05, 3.63) is 66.4 Å². The maximum absolute atomic E-state index is 12.5. The third kappa shape index (κ3) is 3.28. The van der Waals surface area contributed by atoms with Gasteiger partial charge in [0.1, 0.15) is 0 Å². The average molecular weight is 345 g/mol. The van der Waals surface area contributed by atoms with Crippen LogP contribution in [0.1, 0.15) is 12.0 Å². The minimum Gasteiger partial charge on any atom is -0.326 e. The van der Waals surface area contributed by atoms with Crippen molar-refractivity contribution >= 4 is 34.1 Å². The van der Waals surface area contributed by atoms with Gasteiger partial charge in [0.15, 0.2) is 0 Å². The van der Waals surface area contributed by atoms with Gasteiger partial charge >= 0.3 is 0 Å². The number of pyridine rings is 1. The van der Waals surface area contributed by atoms with Gasteiger partial charge in [-0.15, -0.1) is 0 Å². The molecule has 0 spiro atoms. The van der Waals surface area contributed by atoms with Crippen LogP contribution in [0.4, 0.5) is 11.4 Å². The molecular weight excluding hydrogens is 326 g/mol. The maximum Gasteiger partial charge on any atom is 0.228 e. The molecule has 2 unspecified atom stereocenters. The molecule has 1 aliphatic carbocycles. The molecular formula is C21H19N3O2. The van der Waals surface area contributed by atoms with Gasteiger partial charge in [-0.1, -0.05) is 35.9 Å². The molecule has 26 heavy (non-hydrogen) atoms. The Morgan fingerprint density at radius 3 is 2.38 bits per heavy atom. The summed E-state index contributed by atoms with van der Waals surface area (Å²) in [6.07, 6.45) is 2.27. The van der Waals surface area contributed by atoms with E-state index in [-0.39, 0.29) is 23.7 Å². The highest BCUT2D eigenvalue weighted by Gasteiger charge is 2.48. The van der Waals surface area contributed by atoms with E-state index in [9.17, 15) is 9.59 Å². The number of aryl methyl sites for hydroxylation is 1. The molecule has 1 aliphatic rings. The zero-order chi connectivity index (χ0) is 18.1. The van der Waals surface area contributed by atoms with Gasteiger partial charge in [0.25, 0.3) is 0 Å². The van der Waals surface area contributed by atoms with Crippen LogP contribution >= 0.6 is 0 Å². The van der Waals surface area contributed by atoms with Crippen molar-refractivity contribution in [2.45, 2.75) is 13.3 Å². The van der Waals surface area contributed by atoms with Crippen molar-refractivity contribution < 1.29 is 9.59 Å². The Balaban J connectivity index is 1.40. The summed E-state index contributed by atoms with van der Waals surface area (Å²) >= 11 is 0. The summed E-state index contributed by atoms with van der Waals surface area (Å²) in [6.45, 7) is 2.00. The highest BCUT2D eigenvalue weighted by molar-refractivity contribution is 6.06. The van der Waals surface area contributed by atoms with E-state index < -0.39 is 0 Å². The second-order valence-electron chi connectivity index (χ2n) is 6.67. The fourth-order valence-electron chi connectivity index (χ4n) is 3.08. The van der Waals surface area contributed by atoms with Gasteiger partial charge in [-0.3, -0.25) is 14.6 Å². The van der Waals surface area contributed by atoms with E-state index in [1.807, 2.05) is 61.5 Å². The van der Waals surface area contributed by atoms with Crippen molar-refractivity contribution in [2.75, 3.05) is 10.6 Å². The predicted octanol–water partition coefficient (Wildman–Crippen LogP) is 3.76. The summed E-state index contributed by atoms with van der Waals surface area (Å²) in [7, 11) is 0. The van der Waals surface area contributed by atoms with Crippen LogP contribution in [0.2, 0.25) is 0 Å². The van der Waals surface area contributed by atoms with Crippen LogP contribution in [0.25, 0.3) is 10.9 Å². The molecule has 2 amide bonds. The number of anilines is 2. The average Bonchev–Trinajstić information content (AvgIpc) is 3.45. The number of carbonyl (C=O) groups excluding carboxylic acids is 2. The van der Waals surface area contributed by atoms with Crippen LogP contribution in [0.5, 0.6) is 0 Å². The third-order valence-corrected chi connectivity index (χ3v) is 4.67. The number of nitrogens with one attached hydrogen (secondary N) is 2. The molecule has 2 N–H and O–H groups in total. The van der Waals surface area contributed by atoms with Crippen molar-refractivity contribution in [1.82, 2.24) is 4.98 Å². The molecule has 1 heterocycles. The van der Waals surface area contributed by atoms with Crippen molar-refractivity contribution in [1.29, 1.82) is 0 Å². The molecule has 130 valence electrons. The molecule has 4 rings (SSSR count). The molecule has 3 aromatic rings. The van der Waals surface area contributed by atoms with E-state index in [1.54, 1.807) is 6.20 Å². The molecule has 5 nitrogen and oxygen atoms in total. The highest BCUT2D eigenvalue weighted by Crippen LogP contribution is 2.40. The molecule has 0 radical (unpaired) electrons. The van der Waals surface area contributed by atoms with E-state index in [0.29, 0.717) is 12.1 Å². The SMILES string of the molecule is Cc1ccc(NC(=O)C2CC2C(=O)Nc2cccc3cccnc23)cc1. The Bertz CT molecular complexity index is 977. The lowest BCUT2D eigenvalue weighted by molar-refractivity contribution is -0.122. The van der Waals surface area contributed by atoms with Crippen molar-refractivity contribution in [2.24, 2.45) is 11.8 Å². The zero-order valence-corrected chi connectivity index (χ0v) is 14.4. The first-order valence-electron chi connectivity index (χ1n) is 8.64. The molecule has 0 aliphatic heterocycles. The van der Waals surface area contributed by atoms with Gasteiger partial charge in [-0.25, -0.2) is 0 Å². The number of aromatic nitrogens is 1. The van der Waals surface area contributed by atoms with Gasteiger partial charge < -0.3 is 10.6 Å². The lowest BCUT2D eigenvalue weighted by Gasteiger charge is -2.08. The van der Waals surface area contributed by atoms with Crippen LogP contribution in [0, 0.1) is 18.8 Å². The smallest absolute Gasteiger partial charge is 0.228 e. The number of hydrogen-bond donors (Lipinski definition) is 2. The lowest BCUT2D eigenvalue weighted by atomic mass is 10.2. The summed E-state index contributed by atoms with van der Waals surface area (Å²) in [6, 6.07) is 17.1. The van der Waals surface area contributed by atoms with Crippen molar-refractivity contribution in [3.63, 3.8) is 0 Å². The van der Waals surface area contributed by atoms with Crippen LogP contribution in [0.3, 0.4) is 0 Å². The van der Waals surface area contributed by atoms with E-state index in [1.165, 1.54) is 0 Å². The number of carbonyl (C=O) groups is 2.